The Labute approximate surface area is 576 Å². The molecule has 0 radical (unpaired) electrons. The smallest absolute Gasteiger partial charge is 0.326 e. The van der Waals surface area contributed by atoms with Crippen molar-refractivity contribution in [2.75, 3.05) is 25.1 Å². The number of carboxylic acids is 2. The number of likely N-dealkylation sites (tertiary alicyclic amines) is 1. The van der Waals surface area contributed by atoms with Gasteiger partial charge in [-0.15, -0.1) is 0 Å². The molecule has 6 rings (SSSR count). The van der Waals surface area contributed by atoms with E-state index in [-0.39, 0.29) is 95.2 Å². The zero-order chi connectivity index (χ0) is 73.5. The van der Waals surface area contributed by atoms with Crippen molar-refractivity contribution in [1.29, 1.82) is 0 Å². The standard InChI is InChI=1S/C66H93N17O17/c1-7-35(6)51(82-60(94)42(27-37-17-19-39(84)20-18-37)78-62(96)50(34(4)5)81-56(90)40(15-11-21-72-66(67)68)75-59(93)44(30-49(85)86)74-52-53(87)55(89)54(52)88)63(97)79-45(28-38-31-69-32-73-38)64(98)83-24-12-16-47(83)61(95)77-41(26-36-13-9-8-10-14-36)57(91)76-43(29-48-70-22-23-71-48)58(92)80-46(65(99)100)25-33(2)3/h8-10,13-14,17-20,22-23,31,33-35,40-48,50-51,69-71,73-74,84,87H,7,11-12,15-16,21,24-30,32H2,1-6H3,(H,75,93)(H,76,91)(H,77,95)(H,78,96)(H,79,97)(H,80,92)(H,81,90)(H,82,94)(H,85,86)(H,99,100)(H4,67,68,72). The highest BCUT2D eigenvalue weighted by Gasteiger charge is 2.42. The summed E-state index contributed by atoms with van der Waals surface area (Å²) in [5, 5.41) is 75.6. The molecule has 3 aromatic carbocycles. The molecule has 11 atom stereocenters. The maximum atomic E-state index is 15.2. The molecule has 100 heavy (non-hydrogen) atoms. The van der Waals surface area contributed by atoms with Crippen LogP contribution in [0, 0.1) is 17.8 Å². The van der Waals surface area contributed by atoms with Crippen LogP contribution in [-0.4, -0.2) is 183 Å². The molecule has 0 bridgehead atoms. The van der Waals surface area contributed by atoms with Gasteiger partial charge in [-0.05, 0) is 73.1 Å². The molecule has 0 aliphatic carbocycles. The van der Waals surface area contributed by atoms with Gasteiger partial charge >= 0.3 is 11.9 Å². The lowest BCUT2D eigenvalue weighted by molar-refractivity contribution is -0.143. The third kappa shape index (κ3) is 22.8. The number of benzene rings is 2. The highest BCUT2D eigenvalue weighted by molar-refractivity contribution is 5.99. The average Bonchev–Trinajstić information content (AvgIpc) is 1.07. The lowest BCUT2D eigenvalue weighted by Gasteiger charge is -2.32. The molecule has 21 N–H and O–H groups in total. The number of carbonyl (C=O) groups excluding carboxylic acids is 9. The molecule has 3 heterocycles. The second-order valence-electron chi connectivity index (χ2n) is 25.7. The van der Waals surface area contributed by atoms with Crippen LogP contribution in [0.25, 0.3) is 0 Å². The maximum absolute atomic E-state index is 15.2. The first kappa shape index (κ1) is 78.0. The molecule has 1 fully saturated rings. The maximum Gasteiger partial charge on any atom is 0.326 e. The van der Waals surface area contributed by atoms with Crippen LogP contribution < -0.4 is 91.4 Å². The van der Waals surface area contributed by atoms with E-state index in [1.165, 1.54) is 29.2 Å². The molecule has 3 aliphatic heterocycles. The van der Waals surface area contributed by atoms with Crippen molar-refractivity contribution in [2.45, 2.75) is 179 Å². The number of carbonyl (C=O) groups is 11. The summed E-state index contributed by atoms with van der Waals surface area (Å²) in [6.45, 7) is 10.4. The topological polar surface area (TPSA) is 527 Å². The van der Waals surface area contributed by atoms with Gasteiger partial charge in [0.05, 0.1) is 19.3 Å². The van der Waals surface area contributed by atoms with Gasteiger partial charge in [0.2, 0.25) is 53.2 Å². The first-order valence-corrected chi connectivity index (χ1v) is 33.1. The number of nitrogens with two attached hydrogens (primary N) is 2. The van der Waals surface area contributed by atoms with Gasteiger partial charge in [0.15, 0.2) is 11.7 Å². The van der Waals surface area contributed by atoms with Crippen molar-refractivity contribution in [3.05, 3.63) is 110 Å². The molecule has 34 heteroatoms. The Bertz CT molecular complexity index is 3570. The van der Waals surface area contributed by atoms with Gasteiger partial charge in [0.1, 0.15) is 71.9 Å². The number of rotatable bonds is 39. The molecule has 0 aromatic heterocycles. The van der Waals surface area contributed by atoms with E-state index in [1.54, 1.807) is 90.5 Å². The van der Waals surface area contributed by atoms with Gasteiger partial charge in [0.25, 0.3) is 10.9 Å². The molecule has 544 valence electrons. The molecule has 34 nitrogen and oxygen atoms in total. The summed E-state index contributed by atoms with van der Waals surface area (Å²) in [7, 11) is 0. The second-order valence-corrected chi connectivity index (χ2v) is 25.7. The Balaban J connectivity index is 1.23. The van der Waals surface area contributed by atoms with Gasteiger partial charge in [0, 0.05) is 63.1 Å². The lowest BCUT2D eigenvalue weighted by Crippen LogP contribution is -2.62. The van der Waals surface area contributed by atoms with Gasteiger partial charge < -0.3 is 106 Å². The van der Waals surface area contributed by atoms with E-state index in [0.29, 0.717) is 23.2 Å². The predicted octanol–water partition coefficient (Wildman–Crippen LogP) is -3.05. The van der Waals surface area contributed by atoms with Crippen LogP contribution in [0.1, 0.15) is 110 Å². The second kappa shape index (κ2) is 37.1. The highest BCUT2D eigenvalue weighted by atomic mass is 16.4. The lowest BCUT2D eigenvalue weighted by atomic mass is 9.96. The monoisotopic (exact) mass is 1400 g/mol. The molecule has 9 amide bonds. The van der Waals surface area contributed by atoms with E-state index < -0.39 is 172 Å². The summed E-state index contributed by atoms with van der Waals surface area (Å²) in [5.74, 6) is -13.6. The van der Waals surface area contributed by atoms with Crippen molar-refractivity contribution in [3.8, 4) is 11.5 Å². The average molecular weight is 1400 g/mol. The molecule has 3 aliphatic rings. The number of aromatic hydroxyl groups is 2. The van der Waals surface area contributed by atoms with Crippen LogP contribution in [0.15, 0.2) is 93.5 Å². The predicted molar refractivity (Wildman–Crippen MR) is 364 cm³/mol. The molecular formula is C66H93N17O17. The van der Waals surface area contributed by atoms with Crippen LogP contribution in [0.5, 0.6) is 11.5 Å². The zero-order valence-corrected chi connectivity index (χ0v) is 56.6. The van der Waals surface area contributed by atoms with Crippen molar-refractivity contribution in [2.24, 2.45) is 34.2 Å². The number of aliphatic carboxylic acids is 2. The van der Waals surface area contributed by atoms with Gasteiger partial charge in [-0.25, -0.2) is 4.79 Å². The minimum absolute atomic E-state index is 0.0280. The van der Waals surface area contributed by atoms with Gasteiger partial charge in [-0.1, -0.05) is 90.4 Å². The molecule has 0 spiro atoms. The number of phenolic OH excluding ortho intramolecular Hbond substituents is 1. The fourth-order valence-corrected chi connectivity index (χ4v) is 11.4. The molecule has 3 aromatic rings. The van der Waals surface area contributed by atoms with Crippen molar-refractivity contribution in [3.63, 3.8) is 0 Å². The van der Waals surface area contributed by atoms with Crippen LogP contribution >= 0.6 is 0 Å². The summed E-state index contributed by atoms with van der Waals surface area (Å²) < 4.78 is 0. The quantitative estimate of drug-likeness (QED) is 0.0117. The fraction of sp³-hybridized carbons (Fsp3) is 0.515. The molecule has 1 saturated heterocycles. The van der Waals surface area contributed by atoms with E-state index in [4.69, 9.17) is 11.5 Å². The Hall–Kier alpha value is -11.0. The number of phenols is 1. The third-order valence-corrected chi connectivity index (χ3v) is 17.1. The third-order valence-electron chi connectivity index (χ3n) is 17.1. The summed E-state index contributed by atoms with van der Waals surface area (Å²) in [5.41, 5.74) is 9.32. The number of carboxylic acid groups (broad SMARTS) is 2. The number of hydrogen-bond acceptors (Lipinski definition) is 21. The Morgan fingerprint density at radius 1 is 0.640 bits per heavy atom. The summed E-state index contributed by atoms with van der Waals surface area (Å²) in [6.07, 6.45) is 3.41. The SMILES string of the molecule is CCC(C)C(NC(=O)C(Cc1ccc(O)cc1)NC(=O)C(NC(=O)C(CCCN=C(N)N)NC(=O)C(CC(=O)O)Nc1c(O)c(=O)c1=O)C(C)C)C(=O)NC(CC1=CNCN1)C(=O)N1CCCC1C(=O)NC(Cc1ccccc1)C(=O)NC(CC1NC=CN1)C(=O)NC(CC(C)C)C(=O)O. The number of aliphatic imine (C=N–C) groups is 1. The van der Waals surface area contributed by atoms with Crippen molar-refractivity contribution >= 4 is 76.8 Å². The summed E-state index contributed by atoms with van der Waals surface area (Å²) in [4.78, 5) is 184. The van der Waals surface area contributed by atoms with E-state index in [0.717, 1.165) is 0 Å². The van der Waals surface area contributed by atoms with Crippen LogP contribution in [-0.2, 0) is 65.6 Å². The Morgan fingerprint density at radius 3 is 1.79 bits per heavy atom. The largest absolute Gasteiger partial charge is 0.508 e. The Kier molecular flexibility index (Phi) is 29.0. The van der Waals surface area contributed by atoms with Crippen LogP contribution in [0.3, 0.4) is 0 Å². The van der Waals surface area contributed by atoms with E-state index in [9.17, 15) is 78.0 Å². The van der Waals surface area contributed by atoms with Crippen molar-refractivity contribution in [1.82, 2.24) is 68.7 Å². The minimum atomic E-state index is -1.82. The first-order chi connectivity index (χ1) is 47.4. The van der Waals surface area contributed by atoms with Crippen molar-refractivity contribution < 1.29 is 73.2 Å². The van der Waals surface area contributed by atoms with Crippen LogP contribution in [0.2, 0.25) is 0 Å². The molecule has 11 unspecified atom stereocenters. The number of guanidine groups is 1. The fourth-order valence-electron chi connectivity index (χ4n) is 11.4. The molecule has 0 saturated carbocycles. The van der Waals surface area contributed by atoms with E-state index in [2.05, 4.69) is 74.1 Å². The number of hydrogen-bond donors (Lipinski definition) is 19. The van der Waals surface area contributed by atoms with E-state index in [1.807, 2.05) is 0 Å². The number of anilines is 1. The number of amides is 9. The highest BCUT2D eigenvalue weighted by Crippen LogP contribution is 2.23. The summed E-state index contributed by atoms with van der Waals surface area (Å²) >= 11 is 0. The van der Waals surface area contributed by atoms with Gasteiger partial charge in [-0.2, -0.15) is 0 Å². The molecular weight excluding hydrogens is 1300 g/mol. The van der Waals surface area contributed by atoms with Gasteiger partial charge in [-0.3, -0.25) is 62.5 Å². The first-order valence-electron chi connectivity index (χ1n) is 33.1. The number of nitrogens with zero attached hydrogens (tertiary/aromatic N) is 2. The zero-order valence-electron chi connectivity index (χ0n) is 56.6. The normalized spacial score (nSPS) is 17.1. The summed E-state index contributed by atoms with van der Waals surface area (Å²) in [6, 6.07) is 0.0602. The minimum Gasteiger partial charge on any atom is -0.508 e. The van der Waals surface area contributed by atoms with E-state index >= 15 is 4.79 Å². The number of nitrogens with one attached hydrogen (secondary N) is 13. The Morgan fingerprint density at radius 2 is 1.20 bits per heavy atom. The van der Waals surface area contributed by atoms with Crippen LogP contribution in [0.4, 0.5) is 5.69 Å².